The van der Waals surface area contributed by atoms with Crippen molar-refractivity contribution >= 4 is 39.2 Å². The maximum absolute atomic E-state index is 12.1. The Balaban J connectivity index is 2.13. The van der Waals surface area contributed by atoms with Crippen LogP contribution >= 0.6 is 27.5 Å². The molecule has 0 spiro atoms. The highest BCUT2D eigenvalue weighted by Gasteiger charge is 2.16. The van der Waals surface area contributed by atoms with Crippen LogP contribution in [-0.2, 0) is 11.3 Å². The van der Waals surface area contributed by atoms with Crippen LogP contribution < -0.4 is 10.5 Å². The van der Waals surface area contributed by atoms with Crippen molar-refractivity contribution in [3.63, 3.8) is 0 Å². The molecule has 2 aromatic carbocycles. The summed E-state index contributed by atoms with van der Waals surface area (Å²) >= 11 is 9.27. The predicted molar refractivity (Wildman–Crippen MR) is 85.7 cm³/mol. The molecule has 0 bridgehead atoms. The van der Waals surface area contributed by atoms with Gasteiger partial charge >= 0.3 is 5.97 Å². The van der Waals surface area contributed by atoms with Crippen LogP contribution in [0.3, 0.4) is 0 Å². The van der Waals surface area contributed by atoms with Crippen LogP contribution in [0, 0.1) is 0 Å². The number of ether oxygens (including phenoxy) is 2. The van der Waals surface area contributed by atoms with Gasteiger partial charge in [0.1, 0.15) is 17.9 Å². The minimum Gasteiger partial charge on any atom is -0.496 e. The number of hydrogen-bond donors (Lipinski definition) is 1. The number of carbonyl (C=O) groups excluding carboxylic acids is 1. The first-order chi connectivity index (χ1) is 10.0. The van der Waals surface area contributed by atoms with Gasteiger partial charge in [-0.25, -0.2) is 4.79 Å². The summed E-state index contributed by atoms with van der Waals surface area (Å²) in [6.07, 6.45) is 0. The average molecular weight is 371 g/mol. The smallest absolute Gasteiger partial charge is 0.342 e. The molecule has 0 saturated heterocycles. The van der Waals surface area contributed by atoms with Gasteiger partial charge in [-0.05, 0) is 23.8 Å². The molecular formula is C15H13BrClNO3. The van der Waals surface area contributed by atoms with Crippen molar-refractivity contribution in [1.82, 2.24) is 0 Å². The van der Waals surface area contributed by atoms with Gasteiger partial charge in [0, 0.05) is 10.5 Å². The van der Waals surface area contributed by atoms with Gasteiger partial charge < -0.3 is 15.2 Å². The second-order valence-corrected chi connectivity index (χ2v) is 5.60. The standard InChI is InChI=1S/C15H13BrClNO3/c1-20-14-7-13(18)12(17)6-11(14)15(19)21-8-9-2-4-10(16)5-3-9/h2-7H,8,18H2,1H3. The Hall–Kier alpha value is -1.72. The van der Waals surface area contributed by atoms with E-state index in [0.717, 1.165) is 10.0 Å². The van der Waals surface area contributed by atoms with Crippen molar-refractivity contribution in [2.75, 3.05) is 12.8 Å². The van der Waals surface area contributed by atoms with E-state index in [1.54, 1.807) is 0 Å². The highest BCUT2D eigenvalue weighted by atomic mass is 79.9. The average Bonchev–Trinajstić information content (AvgIpc) is 2.48. The molecule has 2 N–H and O–H groups in total. The van der Waals surface area contributed by atoms with Gasteiger partial charge in [0.2, 0.25) is 0 Å². The van der Waals surface area contributed by atoms with Gasteiger partial charge in [0.15, 0.2) is 0 Å². The Labute approximate surface area is 135 Å². The quantitative estimate of drug-likeness (QED) is 0.651. The number of rotatable bonds is 4. The van der Waals surface area contributed by atoms with Crippen LogP contribution in [0.4, 0.5) is 5.69 Å². The second kappa shape index (κ2) is 6.83. The molecule has 0 heterocycles. The van der Waals surface area contributed by atoms with Gasteiger partial charge in [-0.1, -0.05) is 39.7 Å². The molecule has 2 rings (SSSR count). The fourth-order valence-corrected chi connectivity index (χ4v) is 2.13. The van der Waals surface area contributed by atoms with E-state index in [9.17, 15) is 4.79 Å². The maximum Gasteiger partial charge on any atom is 0.342 e. The summed E-state index contributed by atoms with van der Waals surface area (Å²) in [5, 5.41) is 0.284. The van der Waals surface area contributed by atoms with E-state index in [2.05, 4.69) is 15.9 Å². The Morgan fingerprint density at radius 3 is 2.57 bits per heavy atom. The number of carbonyl (C=O) groups is 1. The van der Waals surface area contributed by atoms with Crippen molar-refractivity contribution in [2.45, 2.75) is 6.61 Å². The zero-order valence-corrected chi connectivity index (χ0v) is 13.6. The first kappa shape index (κ1) is 15.7. The fourth-order valence-electron chi connectivity index (χ4n) is 1.70. The Kier molecular flexibility index (Phi) is 5.09. The van der Waals surface area contributed by atoms with Gasteiger partial charge in [-0.3, -0.25) is 0 Å². The van der Waals surface area contributed by atoms with Crippen LogP contribution in [0.1, 0.15) is 15.9 Å². The van der Waals surface area contributed by atoms with Gasteiger partial charge in [0.05, 0.1) is 17.8 Å². The Morgan fingerprint density at radius 1 is 1.29 bits per heavy atom. The molecular weight excluding hydrogens is 358 g/mol. The van der Waals surface area contributed by atoms with Gasteiger partial charge in [0.25, 0.3) is 0 Å². The third-order valence-corrected chi connectivity index (χ3v) is 3.68. The molecule has 0 amide bonds. The number of anilines is 1. The lowest BCUT2D eigenvalue weighted by molar-refractivity contribution is 0.0469. The Bertz CT molecular complexity index is 659. The summed E-state index contributed by atoms with van der Waals surface area (Å²) < 4.78 is 11.3. The Morgan fingerprint density at radius 2 is 1.95 bits per heavy atom. The summed E-state index contributed by atoms with van der Waals surface area (Å²) in [6, 6.07) is 10.4. The molecule has 110 valence electrons. The monoisotopic (exact) mass is 369 g/mol. The van der Waals surface area contributed by atoms with E-state index >= 15 is 0 Å². The number of benzene rings is 2. The number of halogens is 2. The van der Waals surface area contributed by atoms with Gasteiger partial charge in [-0.15, -0.1) is 0 Å². The number of esters is 1. The summed E-state index contributed by atoms with van der Waals surface area (Å²) in [7, 11) is 1.45. The lowest BCUT2D eigenvalue weighted by Gasteiger charge is -2.10. The largest absolute Gasteiger partial charge is 0.496 e. The SMILES string of the molecule is COc1cc(N)c(Cl)cc1C(=O)OCc1ccc(Br)cc1. The molecule has 0 aliphatic carbocycles. The molecule has 0 aliphatic rings. The predicted octanol–water partition coefficient (Wildman–Crippen LogP) is 4.05. The maximum atomic E-state index is 12.1. The van der Waals surface area contributed by atoms with Crippen molar-refractivity contribution < 1.29 is 14.3 Å². The molecule has 6 heteroatoms. The normalized spacial score (nSPS) is 10.2. The van der Waals surface area contributed by atoms with E-state index in [-0.39, 0.29) is 17.2 Å². The number of nitrogens with two attached hydrogens (primary N) is 1. The number of methoxy groups -OCH3 is 1. The lowest BCUT2D eigenvalue weighted by Crippen LogP contribution is -2.08. The molecule has 2 aromatic rings. The highest BCUT2D eigenvalue weighted by molar-refractivity contribution is 9.10. The van der Waals surface area contributed by atoms with E-state index in [4.69, 9.17) is 26.8 Å². The van der Waals surface area contributed by atoms with Crippen LogP contribution in [-0.4, -0.2) is 13.1 Å². The molecule has 0 saturated carbocycles. The van der Waals surface area contributed by atoms with Crippen molar-refractivity contribution in [3.05, 3.63) is 57.0 Å². The molecule has 0 unspecified atom stereocenters. The number of hydrogen-bond acceptors (Lipinski definition) is 4. The van der Waals surface area contributed by atoms with Crippen LogP contribution in [0.25, 0.3) is 0 Å². The zero-order chi connectivity index (χ0) is 15.4. The summed E-state index contributed by atoms with van der Waals surface area (Å²) in [5.74, 6) is -0.186. The van der Waals surface area contributed by atoms with E-state index in [1.807, 2.05) is 24.3 Å². The van der Waals surface area contributed by atoms with Crippen LogP contribution in [0.2, 0.25) is 5.02 Å². The van der Waals surface area contributed by atoms with Crippen LogP contribution in [0.5, 0.6) is 5.75 Å². The lowest BCUT2D eigenvalue weighted by atomic mass is 10.2. The molecule has 0 radical (unpaired) electrons. The fraction of sp³-hybridized carbons (Fsp3) is 0.133. The zero-order valence-electron chi connectivity index (χ0n) is 11.2. The van der Waals surface area contributed by atoms with E-state index in [0.29, 0.717) is 11.4 Å². The second-order valence-electron chi connectivity index (χ2n) is 4.28. The van der Waals surface area contributed by atoms with E-state index < -0.39 is 5.97 Å². The molecule has 0 aliphatic heterocycles. The molecule has 21 heavy (non-hydrogen) atoms. The minimum absolute atomic E-state index is 0.164. The molecule has 4 nitrogen and oxygen atoms in total. The molecule has 0 atom stereocenters. The number of nitrogen functional groups attached to an aromatic ring is 1. The van der Waals surface area contributed by atoms with Crippen molar-refractivity contribution in [3.8, 4) is 5.75 Å². The first-order valence-electron chi connectivity index (χ1n) is 6.06. The molecule has 0 fully saturated rings. The third-order valence-electron chi connectivity index (χ3n) is 2.82. The third kappa shape index (κ3) is 3.89. The van der Waals surface area contributed by atoms with Crippen molar-refractivity contribution in [1.29, 1.82) is 0 Å². The first-order valence-corrected chi connectivity index (χ1v) is 7.23. The highest BCUT2D eigenvalue weighted by Crippen LogP contribution is 2.29. The summed E-state index contributed by atoms with van der Waals surface area (Å²) in [6.45, 7) is 0.164. The van der Waals surface area contributed by atoms with Crippen LogP contribution in [0.15, 0.2) is 40.9 Å². The minimum atomic E-state index is -0.517. The topological polar surface area (TPSA) is 61.5 Å². The van der Waals surface area contributed by atoms with Crippen molar-refractivity contribution in [2.24, 2.45) is 0 Å². The van der Waals surface area contributed by atoms with E-state index in [1.165, 1.54) is 19.2 Å². The summed E-state index contributed by atoms with van der Waals surface area (Å²) in [4.78, 5) is 12.1. The van der Waals surface area contributed by atoms with Gasteiger partial charge in [-0.2, -0.15) is 0 Å². The molecule has 0 aromatic heterocycles. The summed E-state index contributed by atoms with van der Waals surface area (Å²) in [5.41, 5.74) is 7.15.